The van der Waals surface area contributed by atoms with Crippen LogP contribution in [-0.2, 0) is 0 Å². The highest BCUT2D eigenvalue weighted by Gasteiger charge is 2.38. The van der Waals surface area contributed by atoms with Crippen molar-refractivity contribution < 1.29 is 0 Å². The minimum Gasteiger partial charge on any atom is -0.370 e. The molecule has 5 heteroatoms. The van der Waals surface area contributed by atoms with Gasteiger partial charge >= 0.3 is 0 Å². The number of halogens is 2. The number of nitrogens with two attached hydrogens (primary N) is 1. The molecular formula is C14H19ClIN3. The minimum absolute atomic E-state index is 0. The maximum atomic E-state index is 5.87. The number of nitrogens with zero attached hydrogens (tertiary/aromatic N) is 1. The Kier molecular flexibility index (Phi) is 6.13. The predicted molar refractivity (Wildman–Crippen MR) is 92.5 cm³/mol. The lowest BCUT2D eigenvalue weighted by Gasteiger charge is -2.05. The van der Waals surface area contributed by atoms with Crippen LogP contribution in [0.1, 0.15) is 24.8 Å². The molecule has 0 heterocycles. The molecule has 0 saturated heterocycles. The molecule has 0 bridgehead atoms. The van der Waals surface area contributed by atoms with Crippen molar-refractivity contribution in [2.75, 3.05) is 6.54 Å². The molecule has 0 amide bonds. The van der Waals surface area contributed by atoms with Crippen LogP contribution in [-0.4, -0.2) is 18.5 Å². The Balaban J connectivity index is 0.00000180. The summed E-state index contributed by atoms with van der Waals surface area (Å²) in [4.78, 5) is 4.21. The lowest BCUT2D eigenvalue weighted by Crippen LogP contribution is -2.34. The van der Waals surface area contributed by atoms with E-state index < -0.39 is 0 Å². The first-order chi connectivity index (χ1) is 8.56. The molecule has 1 aliphatic rings. The third-order valence-corrected chi connectivity index (χ3v) is 3.19. The second-order valence-corrected chi connectivity index (χ2v) is 5.24. The van der Waals surface area contributed by atoms with Gasteiger partial charge in [0.1, 0.15) is 0 Å². The maximum absolute atomic E-state index is 5.87. The van der Waals surface area contributed by atoms with Gasteiger partial charge in [0.2, 0.25) is 0 Å². The molecule has 2 rings (SSSR count). The fraction of sp³-hybridized carbons (Fsp3) is 0.357. The number of benzene rings is 1. The van der Waals surface area contributed by atoms with Crippen molar-refractivity contribution in [1.82, 2.24) is 5.32 Å². The molecule has 19 heavy (non-hydrogen) atoms. The minimum atomic E-state index is 0. The van der Waals surface area contributed by atoms with Gasteiger partial charge in [-0.1, -0.05) is 35.9 Å². The van der Waals surface area contributed by atoms with E-state index in [4.69, 9.17) is 17.3 Å². The maximum Gasteiger partial charge on any atom is 0.189 e. The van der Waals surface area contributed by atoms with Gasteiger partial charge in [0.05, 0.1) is 6.54 Å². The summed E-state index contributed by atoms with van der Waals surface area (Å²) in [5.41, 5.74) is 8.10. The van der Waals surface area contributed by atoms with E-state index >= 15 is 0 Å². The SMILES string of the molecule is C=C(C)CN=C(N)N[C@@H]1C[C@H]1c1ccc(Cl)cc1.I. The van der Waals surface area contributed by atoms with Crippen molar-refractivity contribution >= 4 is 41.5 Å². The number of rotatable bonds is 4. The zero-order chi connectivity index (χ0) is 13.1. The number of guanidine groups is 1. The molecule has 0 unspecified atom stereocenters. The lowest BCUT2D eigenvalue weighted by atomic mass is 10.1. The quantitative estimate of drug-likeness (QED) is 0.358. The van der Waals surface area contributed by atoms with Gasteiger partial charge in [0, 0.05) is 17.0 Å². The van der Waals surface area contributed by atoms with Gasteiger partial charge < -0.3 is 11.1 Å². The van der Waals surface area contributed by atoms with Crippen LogP contribution in [0, 0.1) is 0 Å². The molecule has 104 valence electrons. The molecule has 1 aromatic rings. The van der Waals surface area contributed by atoms with Gasteiger partial charge in [-0.2, -0.15) is 0 Å². The van der Waals surface area contributed by atoms with Crippen molar-refractivity contribution in [1.29, 1.82) is 0 Å². The van der Waals surface area contributed by atoms with Gasteiger partial charge in [-0.3, -0.25) is 0 Å². The summed E-state index contributed by atoms with van der Waals surface area (Å²) >= 11 is 5.87. The van der Waals surface area contributed by atoms with Crippen LogP contribution < -0.4 is 11.1 Å². The van der Waals surface area contributed by atoms with E-state index in [9.17, 15) is 0 Å². The Morgan fingerprint density at radius 1 is 1.47 bits per heavy atom. The summed E-state index contributed by atoms with van der Waals surface area (Å²) in [6.07, 6.45) is 1.09. The molecule has 1 aromatic carbocycles. The highest BCUT2D eigenvalue weighted by Crippen LogP contribution is 2.40. The van der Waals surface area contributed by atoms with Crippen LogP contribution in [0.25, 0.3) is 0 Å². The molecule has 2 atom stereocenters. The predicted octanol–water partition coefficient (Wildman–Crippen LogP) is 3.29. The van der Waals surface area contributed by atoms with Crippen molar-refractivity contribution in [3.05, 3.63) is 47.0 Å². The van der Waals surface area contributed by atoms with E-state index in [0.717, 1.165) is 17.0 Å². The first-order valence-electron chi connectivity index (χ1n) is 6.02. The summed E-state index contributed by atoms with van der Waals surface area (Å²) in [5.74, 6) is 1.01. The fourth-order valence-electron chi connectivity index (χ4n) is 1.89. The van der Waals surface area contributed by atoms with Gasteiger partial charge in [0.25, 0.3) is 0 Å². The monoisotopic (exact) mass is 391 g/mol. The third-order valence-electron chi connectivity index (χ3n) is 2.94. The first kappa shape index (κ1) is 16.3. The van der Waals surface area contributed by atoms with E-state index in [0.29, 0.717) is 24.5 Å². The van der Waals surface area contributed by atoms with Crippen LogP contribution in [0.3, 0.4) is 0 Å². The van der Waals surface area contributed by atoms with Crippen LogP contribution in [0.15, 0.2) is 41.4 Å². The van der Waals surface area contributed by atoms with Gasteiger partial charge in [-0.25, -0.2) is 4.99 Å². The molecule has 3 N–H and O–H groups in total. The van der Waals surface area contributed by atoms with Crippen LogP contribution in [0.2, 0.25) is 5.02 Å². The fourth-order valence-corrected chi connectivity index (χ4v) is 2.01. The van der Waals surface area contributed by atoms with E-state index in [-0.39, 0.29) is 24.0 Å². The highest BCUT2D eigenvalue weighted by atomic mass is 127. The Bertz CT molecular complexity index is 470. The zero-order valence-electron chi connectivity index (χ0n) is 10.9. The summed E-state index contributed by atoms with van der Waals surface area (Å²) in [5, 5.41) is 4.00. The smallest absolute Gasteiger partial charge is 0.189 e. The second-order valence-electron chi connectivity index (χ2n) is 4.80. The van der Waals surface area contributed by atoms with Crippen molar-refractivity contribution in [2.24, 2.45) is 10.7 Å². The molecule has 3 nitrogen and oxygen atoms in total. The number of hydrogen-bond donors (Lipinski definition) is 2. The van der Waals surface area contributed by atoms with Crippen LogP contribution >= 0.6 is 35.6 Å². The third kappa shape index (κ3) is 5.03. The van der Waals surface area contributed by atoms with Gasteiger partial charge in [0.15, 0.2) is 5.96 Å². The highest BCUT2D eigenvalue weighted by molar-refractivity contribution is 14.0. The molecule has 0 spiro atoms. The Morgan fingerprint density at radius 3 is 2.68 bits per heavy atom. The van der Waals surface area contributed by atoms with Crippen molar-refractivity contribution in [3.63, 3.8) is 0 Å². The van der Waals surface area contributed by atoms with E-state index in [2.05, 4.69) is 29.0 Å². The number of aliphatic imine (C=N–C) groups is 1. The average Bonchev–Trinajstić information content (AvgIpc) is 3.07. The van der Waals surface area contributed by atoms with Crippen LogP contribution in [0.5, 0.6) is 0 Å². The molecule has 0 radical (unpaired) electrons. The van der Waals surface area contributed by atoms with E-state index in [1.165, 1.54) is 5.56 Å². The molecule has 1 fully saturated rings. The normalized spacial score (nSPS) is 21.5. The molecule has 0 aliphatic heterocycles. The molecular weight excluding hydrogens is 373 g/mol. The summed E-state index contributed by atoms with van der Waals surface area (Å²) in [6, 6.07) is 8.36. The molecule has 0 aromatic heterocycles. The Hall–Kier alpha value is -0.750. The first-order valence-corrected chi connectivity index (χ1v) is 6.40. The average molecular weight is 392 g/mol. The summed E-state index contributed by atoms with van der Waals surface area (Å²) < 4.78 is 0. The lowest BCUT2D eigenvalue weighted by molar-refractivity contribution is 0.852. The Labute approximate surface area is 136 Å². The summed E-state index contributed by atoms with van der Waals surface area (Å²) in [7, 11) is 0. The van der Waals surface area contributed by atoms with Crippen LogP contribution in [0.4, 0.5) is 0 Å². The Morgan fingerprint density at radius 2 is 2.11 bits per heavy atom. The summed E-state index contributed by atoms with van der Waals surface area (Å²) in [6.45, 7) is 6.31. The van der Waals surface area contributed by atoms with Crippen molar-refractivity contribution in [3.8, 4) is 0 Å². The second kappa shape index (κ2) is 7.14. The standard InChI is InChI=1S/C14H18ClN3.HI/c1-9(2)8-17-14(16)18-13-7-12(13)10-3-5-11(15)6-4-10;/h3-6,12-13H,1,7-8H2,2H3,(H3,16,17,18);1H/t12-,13+;/m0./s1. The number of hydrogen-bond acceptors (Lipinski definition) is 1. The zero-order valence-corrected chi connectivity index (χ0v) is 14.0. The van der Waals surface area contributed by atoms with Crippen molar-refractivity contribution in [2.45, 2.75) is 25.3 Å². The van der Waals surface area contributed by atoms with Gasteiger partial charge in [-0.05, 0) is 31.0 Å². The topological polar surface area (TPSA) is 50.4 Å². The molecule has 1 aliphatic carbocycles. The van der Waals surface area contributed by atoms with Gasteiger partial charge in [-0.15, -0.1) is 24.0 Å². The van der Waals surface area contributed by atoms with E-state index in [1.54, 1.807) is 0 Å². The largest absolute Gasteiger partial charge is 0.370 e. The number of nitrogens with one attached hydrogen (secondary N) is 1. The van der Waals surface area contributed by atoms with E-state index in [1.807, 2.05) is 19.1 Å². The molecule has 1 saturated carbocycles.